The first-order chi connectivity index (χ1) is 7.18. The Hall–Kier alpha value is -1.57. The molecule has 0 heterocycles. The molecule has 80 valence electrons. The zero-order valence-electron chi connectivity index (χ0n) is 9.12. The van der Waals surface area contributed by atoms with E-state index in [2.05, 4.69) is 11.9 Å². The first kappa shape index (κ1) is 11.5. The Labute approximate surface area is 91.0 Å². The van der Waals surface area contributed by atoms with Gasteiger partial charge in [0, 0.05) is 12.1 Å². The van der Waals surface area contributed by atoms with Crippen LogP contribution in [0.5, 0.6) is 0 Å². The summed E-state index contributed by atoms with van der Waals surface area (Å²) in [4.78, 5) is 11.4. The van der Waals surface area contributed by atoms with Crippen molar-refractivity contribution in [3.8, 4) is 0 Å². The lowest BCUT2D eigenvalue weighted by atomic mass is 10.1. The number of anilines is 1. The molecule has 2 nitrogen and oxygen atoms in total. The molecular formula is C13H17NO. The van der Waals surface area contributed by atoms with Gasteiger partial charge in [0.25, 0.3) is 0 Å². The third kappa shape index (κ3) is 5.01. The normalized spacial score (nSPS) is 9.67. The topological polar surface area (TPSA) is 29.1 Å². The molecule has 2 heteroatoms. The van der Waals surface area contributed by atoms with Gasteiger partial charge in [0.05, 0.1) is 6.54 Å². The first-order valence-corrected chi connectivity index (χ1v) is 5.13. The molecule has 0 fully saturated rings. The monoisotopic (exact) mass is 203 g/mol. The smallest absolute Gasteiger partial charge is 0.152 e. The molecule has 0 aliphatic heterocycles. The molecule has 0 radical (unpaired) electrons. The highest BCUT2D eigenvalue weighted by molar-refractivity contribution is 5.83. The molecule has 1 aromatic rings. The van der Waals surface area contributed by atoms with Crippen molar-refractivity contribution in [2.24, 2.45) is 0 Å². The van der Waals surface area contributed by atoms with E-state index in [1.165, 1.54) is 0 Å². The van der Waals surface area contributed by atoms with Gasteiger partial charge in [0.15, 0.2) is 5.78 Å². The quantitative estimate of drug-likeness (QED) is 0.720. The lowest BCUT2D eigenvalue weighted by molar-refractivity contribution is -0.117. The lowest BCUT2D eigenvalue weighted by Gasteiger charge is -2.05. The minimum absolute atomic E-state index is 0.224. The minimum atomic E-state index is 0.224. The molecule has 1 aromatic carbocycles. The Morgan fingerprint density at radius 3 is 2.53 bits per heavy atom. The van der Waals surface area contributed by atoms with Crippen molar-refractivity contribution in [2.45, 2.75) is 19.8 Å². The van der Waals surface area contributed by atoms with E-state index in [4.69, 9.17) is 0 Å². The molecule has 0 atom stereocenters. The number of rotatable bonds is 6. The van der Waals surface area contributed by atoms with E-state index in [0.29, 0.717) is 13.0 Å². The highest BCUT2D eigenvalue weighted by Gasteiger charge is 2.01. The van der Waals surface area contributed by atoms with Crippen LogP contribution in [-0.4, -0.2) is 12.3 Å². The molecule has 0 aliphatic rings. The van der Waals surface area contributed by atoms with E-state index in [1.54, 1.807) is 0 Å². The number of para-hydroxylation sites is 1. The summed E-state index contributed by atoms with van der Waals surface area (Å²) in [5.74, 6) is 0.224. The molecule has 0 spiro atoms. The van der Waals surface area contributed by atoms with Crippen LogP contribution in [0.15, 0.2) is 42.5 Å². The Morgan fingerprint density at radius 1 is 1.27 bits per heavy atom. The molecule has 15 heavy (non-hydrogen) atoms. The zero-order chi connectivity index (χ0) is 11.1. The van der Waals surface area contributed by atoms with Gasteiger partial charge in [0.2, 0.25) is 0 Å². The summed E-state index contributed by atoms with van der Waals surface area (Å²) in [5.41, 5.74) is 2.05. The maximum Gasteiger partial charge on any atom is 0.152 e. The van der Waals surface area contributed by atoms with E-state index < -0.39 is 0 Å². The largest absolute Gasteiger partial charge is 0.378 e. The fourth-order valence-corrected chi connectivity index (χ4v) is 1.20. The van der Waals surface area contributed by atoms with Gasteiger partial charge in [-0.25, -0.2) is 0 Å². The van der Waals surface area contributed by atoms with Gasteiger partial charge in [-0.15, -0.1) is 6.58 Å². The van der Waals surface area contributed by atoms with Crippen molar-refractivity contribution < 1.29 is 4.79 Å². The van der Waals surface area contributed by atoms with Crippen LogP contribution in [0, 0.1) is 0 Å². The van der Waals surface area contributed by atoms with Crippen LogP contribution in [-0.2, 0) is 4.79 Å². The van der Waals surface area contributed by atoms with Gasteiger partial charge in [-0.05, 0) is 25.5 Å². The first-order valence-electron chi connectivity index (χ1n) is 5.13. The summed E-state index contributed by atoms with van der Waals surface area (Å²) >= 11 is 0. The molecule has 0 saturated carbocycles. The molecule has 0 aromatic heterocycles. The fourth-order valence-electron chi connectivity index (χ4n) is 1.20. The van der Waals surface area contributed by atoms with Crippen molar-refractivity contribution in [3.63, 3.8) is 0 Å². The minimum Gasteiger partial charge on any atom is -0.378 e. The molecule has 0 bridgehead atoms. The summed E-state index contributed by atoms with van der Waals surface area (Å²) in [6.07, 6.45) is 1.37. The number of Topliss-reactive ketones (excluding diaryl/α,β-unsaturated/α-hetero) is 1. The number of hydrogen-bond donors (Lipinski definition) is 1. The molecule has 0 aliphatic carbocycles. The molecule has 1 N–H and O–H groups in total. The SMILES string of the molecule is C=C(C)CCC(=O)CNc1ccccc1. The van der Waals surface area contributed by atoms with E-state index in [-0.39, 0.29) is 5.78 Å². The maximum atomic E-state index is 11.4. The number of allylic oxidation sites excluding steroid dienone is 1. The number of carbonyl (C=O) groups is 1. The van der Waals surface area contributed by atoms with Gasteiger partial charge in [-0.2, -0.15) is 0 Å². The number of benzene rings is 1. The second kappa shape index (κ2) is 6.02. The van der Waals surface area contributed by atoms with E-state index in [1.807, 2.05) is 37.3 Å². The molecular weight excluding hydrogens is 186 g/mol. The average molecular weight is 203 g/mol. The zero-order valence-corrected chi connectivity index (χ0v) is 9.12. The number of ketones is 1. The van der Waals surface area contributed by atoms with Gasteiger partial charge in [-0.3, -0.25) is 4.79 Å². The standard InChI is InChI=1S/C13H17NO/c1-11(2)8-9-13(15)10-14-12-6-4-3-5-7-12/h3-7,14H,1,8-10H2,2H3. The second-order valence-electron chi connectivity index (χ2n) is 3.72. The Morgan fingerprint density at radius 2 is 1.93 bits per heavy atom. The van der Waals surface area contributed by atoms with Crippen molar-refractivity contribution in [3.05, 3.63) is 42.5 Å². The van der Waals surface area contributed by atoms with Crippen molar-refractivity contribution >= 4 is 11.5 Å². The summed E-state index contributed by atoms with van der Waals surface area (Å²) in [5, 5.41) is 3.09. The second-order valence-corrected chi connectivity index (χ2v) is 3.72. The predicted octanol–water partition coefficient (Wildman–Crippen LogP) is 3.02. The summed E-state index contributed by atoms with van der Waals surface area (Å²) in [6.45, 7) is 6.12. The number of hydrogen-bond acceptors (Lipinski definition) is 2. The molecule has 0 unspecified atom stereocenters. The van der Waals surface area contributed by atoms with Crippen LogP contribution in [0.3, 0.4) is 0 Å². The molecule has 1 rings (SSSR count). The summed E-state index contributed by atoms with van der Waals surface area (Å²) in [6, 6.07) is 9.74. The average Bonchev–Trinajstić information content (AvgIpc) is 2.25. The van der Waals surface area contributed by atoms with Crippen LogP contribution in [0.4, 0.5) is 5.69 Å². The van der Waals surface area contributed by atoms with E-state index in [0.717, 1.165) is 17.7 Å². The van der Waals surface area contributed by atoms with Gasteiger partial charge in [-0.1, -0.05) is 23.8 Å². The van der Waals surface area contributed by atoms with E-state index in [9.17, 15) is 4.79 Å². The van der Waals surface area contributed by atoms with Gasteiger partial charge in [0.1, 0.15) is 0 Å². The Kier molecular flexibility index (Phi) is 4.61. The highest BCUT2D eigenvalue weighted by Crippen LogP contribution is 2.05. The highest BCUT2D eigenvalue weighted by atomic mass is 16.1. The summed E-state index contributed by atoms with van der Waals surface area (Å²) in [7, 11) is 0. The fraction of sp³-hybridized carbons (Fsp3) is 0.308. The lowest BCUT2D eigenvalue weighted by Crippen LogP contribution is -2.13. The molecule has 0 amide bonds. The Bertz CT molecular complexity index is 330. The predicted molar refractivity (Wildman–Crippen MR) is 64.0 cm³/mol. The van der Waals surface area contributed by atoms with E-state index >= 15 is 0 Å². The third-order valence-corrected chi connectivity index (χ3v) is 2.09. The number of carbonyl (C=O) groups excluding carboxylic acids is 1. The van der Waals surface area contributed by atoms with Crippen LogP contribution < -0.4 is 5.32 Å². The Balaban J connectivity index is 2.26. The van der Waals surface area contributed by atoms with Crippen LogP contribution in [0.2, 0.25) is 0 Å². The molecule has 0 saturated heterocycles. The van der Waals surface area contributed by atoms with Crippen molar-refractivity contribution in [2.75, 3.05) is 11.9 Å². The van der Waals surface area contributed by atoms with Crippen LogP contribution in [0.1, 0.15) is 19.8 Å². The summed E-state index contributed by atoms with van der Waals surface area (Å²) < 4.78 is 0. The van der Waals surface area contributed by atoms with Crippen molar-refractivity contribution in [1.29, 1.82) is 0 Å². The maximum absolute atomic E-state index is 11.4. The van der Waals surface area contributed by atoms with Crippen molar-refractivity contribution in [1.82, 2.24) is 0 Å². The van der Waals surface area contributed by atoms with Gasteiger partial charge >= 0.3 is 0 Å². The number of nitrogens with one attached hydrogen (secondary N) is 1. The van der Waals surface area contributed by atoms with Gasteiger partial charge < -0.3 is 5.32 Å². The van der Waals surface area contributed by atoms with Crippen LogP contribution in [0.25, 0.3) is 0 Å². The van der Waals surface area contributed by atoms with Crippen LogP contribution >= 0.6 is 0 Å². The third-order valence-electron chi connectivity index (χ3n) is 2.09.